The summed E-state index contributed by atoms with van der Waals surface area (Å²) >= 11 is 0. The quantitative estimate of drug-likeness (QED) is 0.583. The maximum atomic E-state index is 2.34. The van der Waals surface area contributed by atoms with Crippen LogP contribution < -0.4 is 15.9 Å². The Morgan fingerprint density at radius 3 is 1.70 bits per heavy atom. The van der Waals surface area contributed by atoms with Crippen molar-refractivity contribution in [1.29, 1.82) is 0 Å². The molecule has 0 saturated heterocycles. The molecule has 0 fully saturated rings. The standard InChI is InChI=1S/C22H23P/c1-3-18(2)21-16-10-11-17-22(21)23(19-12-6-4-7-13-19)20-14-8-5-9-15-20/h4-18H,3H2,1-2H3. The molecule has 0 aliphatic carbocycles. The van der Waals surface area contributed by atoms with E-state index >= 15 is 0 Å². The van der Waals surface area contributed by atoms with Crippen LogP contribution >= 0.6 is 7.92 Å². The van der Waals surface area contributed by atoms with Gasteiger partial charge in [-0.3, -0.25) is 0 Å². The zero-order chi connectivity index (χ0) is 16.1. The molecule has 0 aromatic heterocycles. The molecule has 3 aromatic rings. The summed E-state index contributed by atoms with van der Waals surface area (Å²) in [7, 11) is -0.505. The summed E-state index contributed by atoms with van der Waals surface area (Å²) in [5.41, 5.74) is 1.49. The van der Waals surface area contributed by atoms with E-state index < -0.39 is 7.92 Å². The lowest BCUT2D eigenvalue weighted by atomic mass is 9.99. The van der Waals surface area contributed by atoms with Crippen LogP contribution in [0.25, 0.3) is 0 Å². The fourth-order valence-corrected chi connectivity index (χ4v) is 5.49. The van der Waals surface area contributed by atoms with E-state index in [1.807, 2.05) is 0 Å². The summed E-state index contributed by atoms with van der Waals surface area (Å²) in [5.74, 6) is 0.587. The fraction of sp³-hybridized carbons (Fsp3) is 0.182. The molecule has 0 aliphatic heterocycles. The Hall–Kier alpha value is -1.91. The third-order valence-corrected chi connectivity index (χ3v) is 6.87. The monoisotopic (exact) mass is 318 g/mol. The molecule has 0 spiro atoms. The highest BCUT2D eigenvalue weighted by molar-refractivity contribution is 7.79. The Bertz CT molecular complexity index is 695. The Morgan fingerprint density at radius 2 is 1.17 bits per heavy atom. The Balaban J connectivity index is 2.18. The van der Waals surface area contributed by atoms with E-state index in [4.69, 9.17) is 0 Å². The molecular weight excluding hydrogens is 295 g/mol. The molecule has 3 rings (SSSR count). The van der Waals surface area contributed by atoms with Gasteiger partial charge in [-0.25, -0.2) is 0 Å². The molecule has 0 amide bonds. The highest BCUT2D eigenvalue weighted by atomic mass is 31.1. The number of hydrogen-bond acceptors (Lipinski definition) is 0. The second kappa shape index (κ2) is 7.57. The largest absolute Gasteiger partial charge is 0.0648 e. The molecule has 0 bridgehead atoms. The molecule has 0 nitrogen and oxygen atoms in total. The van der Waals surface area contributed by atoms with Crippen LogP contribution in [0, 0.1) is 0 Å². The Morgan fingerprint density at radius 1 is 0.696 bits per heavy atom. The van der Waals surface area contributed by atoms with Gasteiger partial charge in [-0.1, -0.05) is 98.8 Å². The van der Waals surface area contributed by atoms with Crippen molar-refractivity contribution < 1.29 is 0 Å². The van der Waals surface area contributed by atoms with Crippen LogP contribution in [-0.2, 0) is 0 Å². The zero-order valence-electron chi connectivity index (χ0n) is 13.8. The van der Waals surface area contributed by atoms with Crippen LogP contribution in [0.3, 0.4) is 0 Å². The van der Waals surface area contributed by atoms with Crippen molar-refractivity contribution in [2.75, 3.05) is 0 Å². The van der Waals surface area contributed by atoms with Gasteiger partial charge in [0.1, 0.15) is 0 Å². The van der Waals surface area contributed by atoms with Gasteiger partial charge in [-0.15, -0.1) is 0 Å². The van der Waals surface area contributed by atoms with Gasteiger partial charge in [0, 0.05) is 0 Å². The molecule has 3 aromatic carbocycles. The summed E-state index contributed by atoms with van der Waals surface area (Å²) in [6.45, 7) is 4.61. The summed E-state index contributed by atoms with van der Waals surface area (Å²) in [6.07, 6.45) is 1.17. The van der Waals surface area contributed by atoms with E-state index in [0.29, 0.717) is 5.92 Å². The first-order valence-electron chi connectivity index (χ1n) is 8.30. The fourth-order valence-electron chi connectivity index (χ4n) is 2.91. The minimum absolute atomic E-state index is 0.505. The van der Waals surface area contributed by atoms with Crippen molar-refractivity contribution in [1.82, 2.24) is 0 Å². The predicted octanol–water partition coefficient (Wildman–Crippen LogP) is 4.96. The molecule has 1 atom stereocenters. The van der Waals surface area contributed by atoms with E-state index in [2.05, 4.69) is 98.8 Å². The van der Waals surface area contributed by atoms with E-state index in [9.17, 15) is 0 Å². The van der Waals surface area contributed by atoms with E-state index in [1.54, 1.807) is 0 Å². The summed E-state index contributed by atoms with van der Waals surface area (Å²) in [6, 6.07) is 30.9. The molecule has 116 valence electrons. The molecule has 1 heteroatoms. The molecule has 0 saturated carbocycles. The highest BCUT2D eigenvalue weighted by Gasteiger charge is 2.20. The highest BCUT2D eigenvalue weighted by Crippen LogP contribution is 2.36. The minimum atomic E-state index is -0.505. The lowest BCUT2D eigenvalue weighted by molar-refractivity contribution is 0.738. The normalized spacial score (nSPS) is 12.3. The third kappa shape index (κ3) is 3.54. The van der Waals surface area contributed by atoms with Crippen LogP contribution in [0.1, 0.15) is 31.7 Å². The molecule has 0 N–H and O–H groups in total. The lowest BCUT2D eigenvalue weighted by Gasteiger charge is -2.24. The molecule has 0 aliphatic rings. The van der Waals surface area contributed by atoms with Crippen LogP contribution in [0.15, 0.2) is 84.9 Å². The lowest BCUT2D eigenvalue weighted by Crippen LogP contribution is -2.24. The molecule has 1 unspecified atom stereocenters. The molecule has 0 radical (unpaired) electrons. The molecule has 0 heterocycles. The summed E-state index contributed by atoms with van der Waals surface area (Å²) < 4.78 is 0. The van der Waals surface area contributed by atoms with Crippen molar-refractivity contribution in [2.45, 2.75) is 26.2 Å². The van der Waals surface area contributed by atoms with Gasteiger partial charge in [-0.2, -0.15) is 0 Å². The first-order chi connectivity index (χ1) is 11.3. The van der Waals surface area contributed by atoms with E-state index in [0.717, 1.165) is 0 Å². The van der Waals surface area contributed by atoms with Crippen LogP contribution in [0.5, 0.6) is 0 Å². The average Bonchev–Trinajstić information content (AvgIpc) is 2.63. The van der Waals surface area contributed by atoms with Gasteiger partial charge in [0.2, 0.25) is 0 Å². The van der Waals surface area contributed by atoms with Crippen molar-refractivity contribution in [3.8, 4) is 0 Å². The third-order valence-electron chi connectivity index (χ3n) is 4.35. The second-order valence-electron chi connectivity index (χ2n) is 5.87. The Labute approximate surface area is 141 Å². The maximum absolute atomic E-state index is 2.34. The second-order valence-corrected chi connectivity index (χ2v) is 8.06. The minimum Gasteiger partial charge on any atom is -0.0648 e. The van der Waals surface area contributed by atoms with Gasteiger partial charge >= 0.3 is 0 Å². The van der Waals surface area contributed by atoms with Gasteiger partial charge in [0.15, 0.2) is 0 Å². The smallest absolute Gasteiger partial charge is 0.0116 e. The van der Waals surface area contributed by atoms with Crippen molar-refractivity contribution >= 4 is 23.8 Å². The van der Waals surface area contributed by atoms with E-state index in [1.165, 1.54) is 27.9 Å². The van der Waals surface area contributed by atoms with Gasteiger partial charge in [0.05, 0.1) is 0 Å². The van der Waals surface area contributed by atoms with Gasteiger partial charge in [0.25, 0.3) is 0 Å². The molecule has 23 heavy (non-hydrogen) atoms. The van der Waals surface area contributed by atoms with E-state index in [-0.39, 0.29) is 0 Å². The SMILES string of the molecule is CCC(C)c1ccccc1P(c1ccccc1)c1ccccc1. The number of hydrogen-bond donors (Lipinski definition) is 0. The van der Waals surface area contributed by atoms with Crippen LogP contribution in [0.4, 0.5) is 0 Å². The number of rotatable bonds is 5. The van der Waals surface area contributed by atoms with Gasteiger partial charge < -0.3 is 0 Å². The van der Waals surface area contributed by atoms with Crippen molar-refractivity contribution in [3.63, 3.8) is 0 Å². The maximum Gasteiger partial charge on any atom is -0.0116 e. The number of benzene rings is 3. The van der Waals surface area contributed by atoms with Gasteiger partial charge in [-0.05, 0) is 41.7 Å². The first kappa shape index (κ1) is 16.0. The van der Waals surface area contributed by atoms with Crippen LogP contribution in [0.2, 0.25) is 0 Å². The van der Waals surface area contributed by atoms with Crippen LogP contribution in [-0.4, -0.2) is 0 Å². The van der Waals surface area contributed by atoms with Crippen molar-refractivity contribution in [3.05, 3.63) is 90.5 Å². The molecular formula is C22H23P. The van der Waals surface area contributed by atoms with Crippen molar-refractivity contribution in [2.24, 2.45) is 0 Å². The summed E-state index contributed by atoms with van der Waals surface area (Å²) in [4.78, 5) is 0. The topological polar surface area (TPSA) is 0 Å². The summed E-state index contributed by atoms with van der Waals surface area (Å²) in [5, 5.41) is 4.34. The zero-order valence-corrected chi connectivity index (χ0v) is 14.7. The Kier molecular flexibility index (Phi) is 5.26. The predicted molar refractivity (Wildman–Crippen MR) is 104 cm³/mol. The first-order valence-corrected chi connectivity index (χ1v) is 9.64. The average molecular weight is 318 g/mol.